The summed E-state index contributed by atoms with van der Waals surface area (Å²) in [7, 11) is 0. The summed E-state index contributed by atoms with van der Waals surface area (Å²) in [5, 5.41) is 5.66. The molecule has 0 bridgehead atoms. The van der Waals surface area contributed by atoms with Crippen molar-refractivity contribution in [2.45, 2.75) is 40.2 Å². The van der Waals surface area contributed by atoms with Gasteiger partial charge in [0.05, 0.1) is 0 Å². The first-order chi connectivity index (χ1) is 6.89. The summed E-state index contributed by atoms with van der Waals surface area (Å²) >= 11 is 5.33. The van der Waals surface area contributed by atoms with Gasteiger partial charge in [0, 0.05) is 27.3 Å². The minimum atomic E-state index is 0.328. The Morgan fingerprint density at radius 2 is 2.13 bits per heavy atom. The third-order valence-corrected chi connectivity index (χ3v) is 3.96. The first-order valence-electron chi connectivity index (χ1n) is 5.35. The van der Waals surface area contributed by atoms with Crippen LogP contribution in [-0.4, -0.2) is 12.6 Å². The quantitative estimate of drug-likeness (QED) is 0.861. The molecule has 0 amide bonds. The van der Waals surface area contributed by atoms with E-state index >= 15 is 0 Å². The number of thiophene rings is 1. The molecule has 1 aromatic rings. The minimum Gasteiger partial charge on any atom is -0.314 e. The summed E-state index contributed by atoms with van der Waals surface area (Å²) in [5.41, 5.74) is 0.328. The van der Waals surface area contributed by atoms with Gasteiger partial charge in [-0.15, -0.1) is 11.3 Å². The zero-order valence-electron chi connectivity index (χ0n) is 9.93. The Morgan fingerprint density at radius 1 is 1.47 bits per heavy atom. The maximum Gasteiger partial charge on any atom is 0.0285 e. The van der Waals surface area contributed by atoms with Crippen molar-refractivity contribution in [1.29, 1.82) is 0 Å². The van der Waals surface area contributed by atoms with E-state index in [0.29, 0.717) is 11.5 Å². The SMILES string of the molecule is CC(C)NCC(C)(C)Cc1cc(Br)cs1. The highest BCUT2D eigenvalue weighted by molar-refractivity contribution is 9.10. The smallest absolute Gasteiger partial charge is 0.0285 e. The molecular weight excluding hydrogens is 270 g/mol. The number of hydrogen-bond donors (Lipinski definition) is 1. The summed E-state index contributed by atoms with van der Waals surface area (Å²) in [6.45, 7) is 10.1. The van der Waals surface area contributed by atoms with Gasteiger partial charge in [-0.05, 0) is 33.8 Å². The van der Waals surface area contributed by atoms with Gasteiger partial charge in [-0.3, -0.25) is 0 Å². The molecule has 0 aliphatic carbocycles. The van der Waals surface area contributed by atoms with Crippen molar-refractivity contribution in [2.24, 2.45) is 5.41 Å². The normalized spacial score (nSPS) is 12.4. The minimum absolute atomic E-state index is 0.328. The monoisotopic (exact) mass is 289 g/mol. The molecule has 3 heteroatoms. The first kappa shape index (κ1) is 13.2. The number of rotatable bonds is 5. The molecule has 1 rings (SSSR count). The van der Waals surface area contributed by atoms with Crippen molar-refractivity contribution < 1.29 is 0 Å². The second-order valence-electron chi connectivity index (χ2n) is 5.11. The molecule has 86 valence electrons. The highest BCUT2D eigenvalue weighted by atomic mass is 79.9. The van der Waals surface area contributed by atoms with E-state index in [1.54, 1.807) is 0 Å². The standard InChI is InChI=1S/C12H20BrNS/c1-9(2)14-8-12(3,4)6-11-5-10(13)7-15-11/h5,7,9,14H,6,8H2,1-4H3. The second kappa shape index (κ2) is 5.46. The van der Waals surface area contributed by atoms with Gasteiger partial charge in [0.15, 0.2) is 0 Å². The number of hydrogen-bond acceptors (Lipinski definition) is 2. The van der Waals surface area contributed by atoms with Crippen LogP contribution in [0.4, 0.5) is 0 Å². The summed E-state index contributed by atoms with van der Waals surface area (Å²) < 4.78 is 1.20. The fraction of sp³-hybridized carbons (Fsp3) is 0.667. The van der Waals surface area contributed by atoms with Gasteiger partial charge in [-0.25, -0.2) is 0 Å². The third kappa shape index (κ3) is 5.14. The van der Waals surface area contributed by atoms with Crippen molar-refractivity contribution >= 4 is 27.3 Å². The molecule has 0 aromatic carbocycles. The van der Waals surface area contributed by atoms with E-state index in [-0.39, 0.29) is 0 Å². The molecule has 0 saturated heterocycles. The molecule has 15 heavy (non-hydrogen) atoms. The van der Waals surface area contributed by atoms with Gasteiger partial charge >= 0.3 is 0 Å². The summed E-state index contributed by atoms with van der Waals surface area (Å²) in [6.07, 6.45) is 1.14. The van der Waals surface area contributed by atoms with Crippen LogP contribution in [0, 0.1) is 5.41 Å². The maximum absolute atomic E-state index is 3.51. The van der Waals surface area contributed by atoms with Gasteiger partial charge < -0.3 is 5.32 Å². The van der Waals surface area contributed by atoms with E-state index in [1.807, 2.05) is 11.3 Å². The van der Waals surface area contributed by atoms with Crippen LogP contribution in [0.5, 0.6) is 0 Å². The molecule has 1 nitrogen and oxygen atoms in total. The van der Waals surface area contributed by atoms with Crippen molar-refractivity contribution in [3.8, 4) is 0 Å². The molecule has 1 aromatic heterocycles. The van der Waals surface area contributed by atoms with Gasteiger partial charge in [-0.1, -0.05) is 27.7 Å². The fourth-order valence-corrected chi connectivity index (χ4v) is 3.17. The lowest BCUT2D eigenvalue weighted by molar-refractivity contribution is 0.328. The molecule has 0 fully saturated rings. The Kier molecular flexibility index (Phi) is 4.81. The molecule has 0 radical (unpaired) electrons. The van der Waals surface area contributed by atoms with Crippen molar-refractivity contribution in [3.63, 3.8) is 0 Å². The Balaban J connectivity index is 2.48. The van der Waals surface area contributed by atoms with E-state index in [0.717, 1.165) is 13.0 Å². The fourth-order valence-electron chi connectivity index (χ4n) is 1.46. The molecular formula is C12H20BrNS. The van der Waals surface area contributed by atoms with Crippen molar-refractivity contribution in [3.05, 3.63) is 20.8 Å². The molecule has 0 aliphatic heterocycles. The predicted octanol–water partition coefficient (Wildman–Crippen LogP) is 4.08. The van der Waals surface area contributed by atoms with Crippen molar-refractivity contribution in [1.82, 2.24) is 5.32 Å². The molecule has 1 heterocycles. The zero-order valence-corrected chi connectivity index (χ0v) is 12.3. The van der Waals surface area contributed by atoms with Crippen LogP contribution in [0.25, 0.3) is 0 Å². The van der Waals surface area contributed by atoms with Crippen LogP contribution in [0.2, 0.25) is 0 Å². The highest BCUT2D eigenvalue weighted by Crippen LogP contribution is 2.27. The van der Waals surface area contributed by atoms with E-state index in [2.05, 4.69) is 60.4 Å². The van der Waals surface area contributed by atoms with Crippen LogP contribution in [0.1, 0.15) is 32.6 Å². The summed E-state index contributed by atoms with van der Waals surface area (Å²) in [5.74, 6) is 0. The summed E-state index contributed by atoms with van der Waals surface area (Å²) in [6, 6.07) is 2.79. The van der Waals surface area contributed by atoms with Crippen LogP contribution in [-0.2, 0) is 6.42 Å². The molecule has 0 spiro atoms. The molecule has 0 aliphatic rings. The average molecular weight is 290 g/mol. The number of halogens is 1. The number of nitrogens with one attached hydrogen (secondary N) is 1. The zero-order chi connectivity index (χ0) is 11.5. The maximum atomic E-state index is 3.51. The van der Waals surface area contributed by atoms with Gasteiger partial charge in [-0.2, -0.15) is 0 Å². The lowest BCUT2D eigenvalue weighted by Gasteiger charge is -2.25. The first-order valence-corrected chi connectivity index (χ1v) is 7.03. The van der Waals surface area contributed by atoms with Crippen LogP contribution in [0.3, 0.4) is 0 Å². The predicted molar refractivity (Wildman–Crippen MR) is 72.6 cm³/mol. The molecule has 0 unspecified atom stereocenters. The van der Waals surface area contributed by atoms with Gasteiger partial charge in [0.1, 0.15) is 0 Å². The van der Waals surface area contributed by atoms with Crippen LogP contribution < -0.4 is 5.32 Å². The van der Waals surface area contributed by atoms with Crippen molar-refractivity contribution in [2.75, 3.05) is 6.54 Å². The Hall–Kier alpha value is 0.140. The highest BCUT2D eigenvalue weighted by Gasteiger charge is 2.19. The van der Waals surface area contributed by atoms with E-state index in [9.17, 15) is 0 Å². The van der Waals surface area contributed by atoms with Gasteiger partial charge in [0.2, 0.25) is 0 Å². The summed E-state index contributed by atoms with van der Waals surface area (Å²) in [4.78, 5) is 1.46. The average Bonchev–Trinajstić information content (AvgIpc) is 2.47. The Bertz CT molecular complexity index is 304. The van der Waals surface area contributed by atoms with E-state index in [4.69, 9.17) is 0 Å². The lowest BCUT2D eigenvalue weighted by Crippen LogP contribution is -2.35. The Labute approximate surface area is 105 Å². The van der Waals surface area contributed by atoms with Gasteiger partial charge in [0.25, 0.3) is 0 Å². The van der Waals surface area contributed by atoms with E-state index in [1.165, 1.54) is 9.35 Å². The largest absolute Gasteiger partial charge is 0.314 e. The molecule has 0 atom stereocenters. The van der Waals surface area contributed by atoms with Crippen LogP contribution in [0.15, 0.2) is 15.9 Å². The lowest BCUT2D eigenvalue weighted by atomic mass is 9.88. The molecule has 1 N–H and O–H groups in total. The molecule has 0 saturated carbocycles. The Morgan fingerprint density at radius 3 is 2.60 bits per heavy atom. The van der Waals surface area contributed by atoms with E-state index < -0.39 is 0 Å². The third-order valence-electron chi connectivity index (χ3n) is 2.26. The topological polar surface area (TPSA) is 12.0 Å². The second-order valence-corrected chi connectivity index (χ2v) is 7.02. The van der Waals surface area contributed by atoms with Crippen LogP contribution >= 0.6 is 27.3 Å².